The van der Waals surface area contributed by atoms with Gasteiger partial charge in [0.1, 0.15) is 11.6 Å². The predicted molar refractivity (Wildman–Crippen MR) is 178 cm³/mol. The number of ether oxygens (including phenoxy) is 1. The molecule has 1 atom stereocenters. The number of anilines is 1. The van der Waals surface area contributed by atoms with Crippen LogP contribution in [0.25, 0.3) is 22.5 Å². The lowest BCUT2D eigenvalue weighted by atomic mass is 9.81. The standard InChI is InChI=1S/C34H39ClN8O4/c1-34(2,3)47-33(46)37-19-22-6-10-25(11-7-22)31(44)39-29(18-21-4-8-23(9-5-21)27-20-36-17-16-28(27)35)32(45)38-26-14-12-24(13-15-26)30-40-42-43-41-30/h4-5,8-9,12-17,20,22,25,29H,6-7,10-11,18-19H2,1-3H3,(H,37,46)(H,38,45)(H,39,44)(H,40,41,42,43)/t22?,25?,29-/m0/s1. The highest BCUT2D eigenvalue weighted by molar-refractivity contribution is 6.33. The molecule has 4 aromatic rings. The number of H-pyrrole nitrogens is 1. The lowest BCUT2D eigenvalue weighted by Gasteiger charge is -2.29. The molecular weight excluding hydrogens is 620 g/mol. The molecule has 0 bridgehead atoms. The van der Waals surface area contributed by atoms with Crippen molar-refractivity contribution >= 4 is 35.2 Å². The molecule has 4 N–H and O–H groups in total. The van der Waals surface area contributed by atoms with Crippen LogP contribution in [-0.4, -0.2) is 61.7 Å². The number of carbonyl (C=O) groups excluding carboxylic acids is 3. The quantitative estimate of drug-likeness (QED) is 0.172. The van der Waals surface area contributed by atoms with Gasteiger partial charge >= 0.3 is 6.09 Å². The molecule has 2 aromatic carbocycles. The third-order valence-electron chi connectivity index (χ3n) is 8.01. The summed E-state index contributed by atoms with van der Waals surface area (Å²) in [5.74, 6) is -0.0186. The maximum absolute atomic E-state index is 13.6. The highest BCUT2D eigenvalue weighted by Crippen LogP contribution is 2.30. The second-order valence-corrected chi connectivity index (χ2v) is 13.1. The van der Waals surface area contributed by atoms with Gasteiger partial charge in [-0.25, -0.2) is 4.79 Å². The Kier molecular flexibility index (Phi) is 10.8. The SMILES string of the molecule is CC(C)(C)OC(=O)NCC1CCC(C(=O)N[C@@H](Cc2ccc(-c3cnccc3Cl)cc2)C(=O)Nc2ccc(-c3nn[nH]n3)cc2)CC1. The average molecular weight is 659 g/mol. The number of carbonyl (C=O) groups is 3. The van der Waals surface area contributed by atoms with E-state index in [1.165, 1.54) is 0 Å². The molecule has 0 radical (unpaired) electrons. The van der Waals surface area contributed by atoms with Gasteiger partial charge in [-0.05, 0) is 99.0 Å². The van der Waals surface area contributed by atoms with Crippen molar-refractivity contribution in [3.05, 3.63) is 77.6 Å². The van der Waals surface area contributed by atoms with Crippen LogP contribution in [-0.2, 0) is 20.7 Å². The molecule has 0 unspecified atom stereocenters. The number of pyridine rings is 1. The van der Waals surface area contributed by atoms with E-state index in [1.54, 1.807) is 42.7 Å². The summed E-state index contributed by atoms with van der Waals surface area (Å²) in [7, 11) is 0. The number of benzene rings is 2. The number of hydrogen-bond donors (Lipinski definition) is 4. The molecule has 0 aliphatic heterocycles. The summed E-state index contributed by atoms with van der Waals surface area (Å²) in [6.45, 7) is 5.97. The van der Waals surface area contributed by atoms with Crippen molar-refractivity contribution in [3.63, 3.8) is 0 Å². The number of nitrogens with one attached hydrogen (secondary N) is 4. The Morgan fingerprint density at radius 1 is 0.979 bits per heavy atom. The smallest absolute Gasteiger partial charge is 0.407 e. The van der Waals surface area contributed by atoms with E-state index in [4.69, 9.17) is 16.3 Å². The summed E-state index contributed by atoms with van der Waals surface area (Å²) in [5.41, 5.74) is 3.34. The van der Waals surface area contributed by atoms with Crippen molar-refractivity contribution in [1.29, 1.82) is 0 Å². The van der Waals surface area contributed by atoms with Crippen LogP contribution in [0.5, 0.6) is 0 Å². The molecule has 1 aliphatic carbocycles. The second-order valence-electron chi connectivity index (χ2n) is 12.7. The first kappa shape index (κ1) is 33.5. The molecule has 0 spiro atoms. The number of aromatic amines is 1. The zero-order valence-electron chi connectivity index (χ0n) is 26.6. The fourth-order valence-electron chi connectivity index (χ4n) is 5.53. The topological polar surface area (TPSA) is 164 Å². The van der Waals surface area contributed by atoms with Crippen LogP contribution >= 0.6 is 11.6 Å². The maximum atomic E-state index is 13.6. The van der Waals surface area contributed by atoms with E-state index in [2.05, 4.69) is 41.6 Å². The van der Waals surface area contributed by atoms with Crippen molar-refractivity contribution in [1.82, 2.24) is 36.2 Å². The van der Waals surface area contributed by atoms with Gasteiger partial charge in [-0.1, -0.05) is 35.9 Å². The molecule has 3 amide bonds. The van der Waals surface area contributed by atoms with Crippen LogP contribution in [0.15, 0.2) is 67.0 Å². The van der Waals surface area contributed by atoms with Crippen LogP contribution in [0.3, 0.4) is 0 Å². The lowest BCUT2D eigenvalue weighted by Crippen LogP contribution is -2.48. The van der Waals surface area contributed by atoms with Gasteiger partial charge < -0.3 is 20.7 Å². The lowest BCUT2D eigenvalue weighted by molar-refractivity contribution is -0.130. The van der Waals surface area contributed by atoms with E-state index in [0.29, 0.717) is 35.9 Å². The summed E-state index contributed by atoms with van der Waals surface area (Å²) in [6.07, 6.45) is 6.10. The number of halogens is 1. The fourth-order valence-corrected chi connectivity index (χ4v) is 5.75. The molecule has 12 nitrogen and oxygen atoms in total. The first-order chi connectivity index (χ1) is 22.5. The summed E-state index contributed by atoms with van der Waals surface area (Å²) in [6, 6.07) is 15.7. The molecule has 1 aliphatic rings. The molecule has 246 valence electrons. The van der Waals surface area contributed by atoms with Gasteiger partial charge in [-0.3, -0.25) is 14.6 Å². The monoisotopic (exact) mass is 658 g/mol. The highest BCUT2D eigenvalue weighted by Gasteiger charge is 2.30. The zero-order valence-corrected chi connectivity index (χ0v) is 27.4. The highest BCUT2D eigenvalue weighted by atomic mass is 35.5. The van der Waals surface area contributed by atoms with Gasteiger partial charge in [-0.2, -0.15) is 5.21 Å². The number of aromatic nitrogens is 5. The molecule has 1 fully saturated rings. The largest absolute Gasteiger partial charge is 0.444 e. The molecule has 0 saturated heterocycles. The Balaban J connectivity index is 1.23. The van der Waals surface area contributed by atoms with Crippen LogP contribution < -0.4 is 16.0 Å². The van der Waals surface area contributed by atoms with Crippen LogP contribution in [0.2, 0.25) is 5.02 Å². The third-order valence-corrected chi connectivity index (χ3v) is 8.34. The summed E-state index contributed by atoms with van der Waals surface area (Å²) in [4.78, 5) is 43.4. The van der Waals surface area contributed by atoms with Gasteiger partial charge in [0.05, 0.1) is 5.02 Å². The van der Waals surface area contributed by atoms with E-state index in [1.807, 2.05) is 45.0 Å². The van der Waals surface area contributed by atoms with Crippen molar-refractivity contribution in [2.45, 2.75) is 64.5 Å². The Morgan fingerprint density at radius 2 is 1.68 bits per heavy atom. The molecule has 47 heavy (non-hydrogen) atoms. The number of amides is 3. The Morgan fingerprint density at radius 3 is 2.32 bits per heavy atom. The van der Waals surface area contributed by atoms with Crippen LogP contribution in [0.4, 0.5) is 10.5 Å². The summed E-state index contributed by atoms with van der Waals surface area (Å²) >= 11 is 6.36. The average Bonchev–Trinajstić information content (AvgIpc) is 3.59. The van der Waals surface area contributed by atoms with E-state index in [0.717, 1.165) is 35.1 Å². The van der Waals surface area contributed by atoms with Gasteiger partial charge in [-0.15, -0.1) is 10.2 Å². The van der Waals surface area contributed by atoms with Gasteiger partial charge in [0, 0.05) is 48.1 Å². The van der Waals surface area contributed by atoms with Crippen molar-refractivity contribution in [3.8, 4) is 22.5 Å². The number of tetrazole rings is 1. The molecule has 5 rings (SSSR count). The number of rotatable bonds is 10. The first-order valence-electron chi connectivity index (χ1n) is 15.6. The van der Waals surface area contributed by atoms with Crippen LogP contribution in [0, 0.1) is 11.8 Å². The minimum absolute atomic E-state index is 0.157. The summed E-state index contributed by atoms with van der Waals surface area (Å²) < 4.78 is 5.33. The number of nitrogens with zero attached hydrogens (tertiary/aromatic N) is 4. The van der Waals surface area contributed by atoms with Gasteiger partial charge in [0.15, 0.2) is 0 Å². The van der Waals surface area contributed by atoms with Gasteiger partial charge in [0.2, 0.25) is 17.6 Å². The predicted octanol–water partition coefficient (Wildman–Crippen LogP) is 5.58. The minimum atomic E-state index is -0.821. The zero-order chi connectivity index (χ0) is 33.4. The molecule has 2 heterocycles. The molecule has 1 saturated carbocycles. The number of hydrogen-bond acceptors (Lipinski definition) is 8. The molecular formula is C34H39ClN8O4. The summed E-state index contributed by atoms with van der Waals surface area (Å²) in [5, 5.41) is 23.4. The third kappa shape index (κ3) is 9.58. The Bertz CT molecular complexity index is 1650. The van der Waals surface area contributed by atoms with E-state index in [9.17, 15) is 14.4 Å². The minimum Gasteiger partial charge on any atom is -0.444 e. The van der Waals surface area contributed by atoms with Gasteiger partial charge in [0.25, 0.3) is 0 Å². The second kappa shape index (κ2) is 15.2. The van der Waals surface area contributed by atoms with Crippen LogP contribution in [0.1, 0.15) is 52.0 Å². The van der Waals surface area contributed by atoms with Crippen molar-refractivity contribution < 1.29 is 19.1 Å². The molecule has 13 heteroatoms. The maximum Gasteiger partial charge on any atom is 0.407 e. The van der Waals surface area contributed by atoms with Crippen molar-refractivity contribution in [2.24, 2.45) is 11.8 Å². The first-order valence-corrected chi connectivity index (χ1v) is 16.0. The normalized spacial score (nSPS) is 16.9. The fraction of sp³-hybridized carbons (Fsp3) is 0.382. The number of alkyl carbamates (subject to hydrolysis) is 1. The Hall–Kier alpha value is -4.84. The van der Waals surface area contributed by atoms with E-state index < -0.39 is 17.7 Å². The van der Waals surface area contributed by atoms with E-state index in [-0.39, 0.29) is 30.1 Å². The van der Waals surface area contributed by atoms with Crippen molar-refractivity contribution in [2.75, 3.05) is 11.9 Å². The van der Waals surface area contributed by atoms with E-state index >= 15 is 0 Å². The molecule has 2 aromatic heterocycles. The Labute approximate surface area is 278 Å².